The summed E-state index contributed by atoms with van der Waals surface area (Å²) in [6, 6.07) is 7.14. The summed E-state index contributed by atoms with van der Waals surface area (Å²) in [4.78, 5) is 25.5. The lowest BCUT2D eigenvalue weighted by molar-refractivity contribution is -0.148. The number of hydrogen-bond donors (Lipinski definition) is 3. The fraction of sp³-hybridized carbons (Fsp3) is 0.529. The first-order chi connectivity index (χ1) is 10.9. The first kappa shape index (κ1) is 17.4. The van der Waals surface area contributed by atoms with Gasteiger partial charge in [-0.3, -0.25) is 14.8 Å². The van der Waals surface area contributed by atoms with Crippen molar-refractivity contribution in [3.63, 3.8) is 0 Å². The number of rotatable bonds is 7. The van der Waals surface area contributed by atoms with Gasteiger partial charge in [-0.05, 0) is 38.2 Å². The fourth-order valence-corrected chi connectivity index (χ4v) is 2.94. The lowest BCUT2D eigenvalue weighted by atomic mass is 9.94. The molecule has 0 saturated heterocycles. The molecule has 0 aromatic heterocycles. The van der Waals surface area contributed by atoms with Crippen molar-refractivity contribution < 1.29 is 19.9 Å². The molecule has 23 heavy (non-hydrogen) atoms. The average Bonchev–Trinajstić information content (AvgIpc) is 3.33. The highest BCUT2D eigenvalue weighted by Crippen LogP contribution is 2.51. The van der Waals surface area contributed by atoms with Crippen molar-refractivity contribution >= 4 is 11.8 Å². The third-order valence-corrected chi connectivity index (χ3v) is 4.66. The molecule has 1 unspecified atom stereocenters. The van der Waals surface area contributed by atoms with E-state index in [-0.39, 0.29) is 5.91 Å². The maximum absolute atomic E-state index is 12.7. The van der Waals surface area contributed by atoms with Crippen molar-refractivity contribution in [2.75, 3.05) is 13.7 Å². The SMILES string of the molecule is Cc1cccc(CCC2(C(=O)N(C)C(CO)C(=O)NO)CC2)c1. The summed E-state index contributed by atoms with van der Waals surface area (Å²) in [5, 5.41) is 18.0. The summed E-state index contributed by atoms with van der Waals surface area (Å²) in [5.41, 5.74) is 3.44. The van der Waals surface area contributed by atoms with Gasteiger partial charge in [-0.2, -0.15) is 0 Å². The third-order valence-electron chi connectivity index (χ3n) is 4.66. The Bertz CT molecular complexity index is 584. The Morgan fingerprint density at radius 2 is 2.09 bits per heavy atom. The maximum Gasteiger partial charge on any atom is 0.268 e. The van der Waals surface area contributed by atoms with Gasteiger partial charge < -0.3 is 10.0 Å². The monoisotopic (exact) mass is 320 g/mol. The highest BCUT2D eigenvalue weighted by molar-refractivity contribution is 5.91. The van der Waals surface area contributed by atoms with Crippen LogP contribution in [-0.4, -0.2) is 46.7 Å². The summed E-state index contributed by atoms with van der Waals surface area (Å²) in [7, 11) is 1.49. The number of nitrogens with zero attached hydrogens (tertiary/aromatic N) is 1. The van der Waals surface area contributed by atoms with Gasteiger partial charge in [-0.1, -0.05) is 29.8 Å². The first-order valence-corrected chi connectivity index (χ1v) is 7.81. The van der Waals surface area contributed by atoms with Gasteiger partial charge in [0.15, 0.2) is 0 Å². The Morgan fingerprint density at radius 3 is 2.61 bits per heavy atom. The highest BCUT2D eigenvalue weighted by Gasteiger charge is 2.51. The molecule has 0 radical (unpaired) electrons. The van der Waals surface area contributed by atoms with Crippen molar-refractivity contribution in [2.45, 2.75) is 38.6 Å². The van der Waals surface area contributed by atoms with E-state index in [4.69, 9.17) is 5.21 Å². The van der Waals surface area contributed by atoms with E-state index in [0.717, 1.165) is 25.7 Å². The molecule has 0 spiro atoms. The van der Waals surface area contributed by atoms with Gasteiger partial charge in [0.25, 0.3) is 5.91 Å². The van der Waals surface area contributed by atoms with Crippen LogP contribution in [0.3, 0.4) is 0 Å². The molecular weight excluding hydrogens is 296 g/mol. The number of carbonyl (C=O) groups is 2. The van der Waals surface area contributed by atoms with Crippen molar-refractivity contribution in [1.29, 1.82) is 0 Å². The molecule has 126 valence electrons. The predicted octanol–water partition coefficient (Wildman–Crippen LogP) is 1.03. The van der Waals surface area contributed by atoms with Crippen LogP contribution in [0.5, 0.6) is 0 Å². The van der Waals surface area contributed by atoms with Crippen LogP contribution in [0.2, 0.25) is 0 Å². The smallest absolute Gasteiger partial charge is 0.268 e. The molecule has 1 aliphatic rings. The second-order valence-corrected chi connectivity index (χ2v) is 6.36. The Hall–Kier alpha value is -1.92. The molecule has 2 amide bonds. The Balaban J connectivity index is 2.01. The molecule has 1 aromatic rings. The number of likely N-dealkylation sites (N-methyl/N-ethyl adjacent to an activating group) is 1. The first-order valence-electron chi connectivity index (χ1n) is 7.81. The molecule has 6 heteroatoms. The van der Waals surface area contributed by atoms with Crippen LogP contribution >= 0.6 is 0 Å². The number of benzene rings is 1. The normalized spacial score (nSPS) is 16.5. The number of hydrogen-bond acceptors (Lipinski definition) is 4. The number of carbonyl (C=O) groups excluding carboxylic acids is 2. The summed E-state index contributed by atoms with van der Waals surface area (Å²) >= 11 is 0. The minimum absolute atomic E-state index is 0.146. The van der Waals surface area contributed by atoms with Gasteiger partial charge in [-0.25, -0.2) is 5.48 Å². The molecule has 1 aliphatic carbocycles. The molecule has 2 rings (SSSR count). The van der Waals surface area contributed by atoms with Crippen LogP contribution in [0, 0.1) is 12.3 Å². The lowest BCUT2D eigenvalue weighted by Crippen LogP contribution is -2.51. The van der Waals surface area contributed by atoms with Crippen LogP contribution < -0.4 is 5.48 Å². The molecule has 1 atom stereocenters. The van der Waals surface area contributed by atoms with E-state index >= 15 is 0 Å². The number of aliphatic hydroxyl groups is 1. The van der Waals surface area contributed by atoms with Gasteiger partial charge in [-0.15, -0.1) is 0 Å². The van der Waals surface area contributed by atoms with E-state index < -0.39 is 24.0 Å². The molecule has 6 nitrogen and oxygen atoms in total. The van der Waals surface area contributed by atoms with Gasteiger partial charge in [0.1, 0.15) is 6.04 Å². The maximum atomic E-state index is 12.7. The number of aliphatic hydroxyl groups excluding tert-OH is 1. The number of nitrogens with one attached hydrogen (secondary N) is 1. The van der Waals surface area contributed by atoms with Crippen molar-refractivity contribution in [2.24, 2.45) is 5.41 Å². The van der Waals surface area contributed by atoms with Crippen LogP contribution in [0.4, 0.5) is 0 Å². The van der Waals surface area contributed by atoms with Crippen LogP contribution in [0.1, 0.15) is 30.4 Å². The number of hydroxylamine groups is 1. The van der Waals surface area contributed by atoms with E-state index in [0.29, 0.717) is 0 Å². The largest absolute Gasteiger partial charge is 0.394 e. The van der Waals surface area contributed by atoms with Crippen LogP contribution in [-0.2, 0) is 16.0 Å². The standard InChI is InChI=1S/C17H24N2O4/c1-12-4-3-5-13(10-12)6-7-17(8-9-17)16(22)19(2)14(11-20)15(21)18-23/h3-5,10,14,20,23H,6-9,11H2,1-2H3,(H,18,21). The molecule has 0 bridgehead atoms. The Labute approximate surface area is 136 Å². The van der Waals surface area contributed by atoms with Crippen molar-refractivity contribution in [3.05, 3.63) is 35.4 Å². The minimum Gasteiger partial charge on any atom is -0.394 e. The molecule has 1 aromatic carbocycles. The Kier molecular flexibility index (Phi) is 5.38. The highest BCUT2D eigenvalue weighted by atomic mass is 16.5. The fourth-order valence-electron chi connectivity index (χ4n) is 2.94. The van der Waals surface area contributed by atoms with Gasteiger partial charge >= 0.3 is 0 Å². The summed E-state index contributed by atoms with van der Waals surface area (Å²) in [6.45, 7) is 1.51. The van der Waals surface area contributed by atoms with E-state index in [1.165, 1.54) is 28.6 Å². The van der Waals surface area contributed by atoms with Crippen LogP contribution in [0.25, 0.3) is 0 Å². The third kappa shape index (κ3) is 3.89. The average molecular weight is 320 g/mol. The molecular formula is C17H24N2O4. The number of amides is 2. The second-order valence-electron chi connectivity index (χ2n) is 6.36. The molecule has 3 N–H and O–H groups in total. The predicted molar refractivity (Wildman–Crippen MR) is 84.7 cm³/mol. The van der Waals surface area contributed by atoms with Gasteiger partial charge in [0.2, 0.25) is 5.91 Å². The number of aryl methyl sites for hydroxylation is 2. The second kappa shape index (κ2) is 7.10. The lowest BCUT2D eigenvalue weighted by Gasteiger charge is -2.29. The van der Waals surface area contributed by atoms with Gasteiger partial charge in [0, 0.05) is 12.5 Å². The van der Waals surface area contributed by atoms with E-state index in [9.17, 15) is 14.7 Å². The molecule has 0 heterocycles. The van der Waals surface area contributed by atoms with Crippen molar-refractivity contribution in [1.82, 2.24) is 10.4 Å². The molecule has 1 saturated carbocycles. The molecule has 0 aliphatic heterocycles. The van der Waals surface area contributed by atoms with Gasteiger partial charge in [0.05, 0.1) is 6.61 Å². The van der Waals surface area contributed by atoms with Crippen molar-refractivity contribution in [3.8, 4) is 0 Å². The zero-order valence-electron chi connectivity index (χ0n) is 13.6. The quantitative estimate of drug-likeness (QED) is 0.517. The summed E-state index contributed by atoms with van der Waals surface area (Å²) in [6.07, 6.45) is 3.11. The minimum atomic E-state index is -1.07. The van der Waals surface area contributed by atoms with E-state index in [1.54, 1.807) is 0 Å². The van der Waals surface area contributed by atoms with Crippen LogP contribution in [0.15, 0.2) is 24.3 Å². The zero-order valence-corrected chi connectivity index (χ0v) is 13.6. The zero-order chi connectivity index (χ0) is 17.0. The summed E-state index contributed by atoms with van der Waals surface area (Å²) in [5.74, 6) is -0.925. The van der Waals surface area contributed by atoms with E-state index in [2.05, 4.69) is 6.07 Å². The van der Waals surface area contributed by atoms with E-state index in [1.807, 2.05) is 25.1 Å². The summed E-state index contributed by atoms with van der Waals surface area (Å²) < 4.78 is 0. The topological polar surface area (TPSA) is 89.9 Å². The Morgan fingerprint density at radius 1 is 1.39 bits per heavy atom. The molecule has 1 fully saturated rings.